The topological polar surface area (TPSA) is 117 Å². The van der Waals surface area contributed by atoms with Crippen LogP contribution < -0.4 is 16.7 Å². The van der Waals surface area contributed by atoms with E-state index in [9.17, 15) is 14.4 Å². The number of nitrogens with one attached hydrogen (secondary N) is 1. The summed E-state index contributed by atoms with van der Waals surface area (Å²) in [7, 11) is 0. The average Bonchev–Trinajstić information content (AvgIpc) is 2.84. The Morgan fingerprint density at radius 2 is 1.57 bits per heavy atom. The van der Waals surface area contributed by atoms with Crippen LogP contribution in [0.3, 0.4) is 0 Å². The van der Waals surface area contributed by atoms with Crippen molar-refractivity contribution in [3.05, 3.63) is 52.6 Å². The summed E-state index contributed by atoms with van der Waals surface area (Å²) in [6.07, 6.45) is 5.44. The Balaban J connectivity index is 1.33. The van der Waals surface area contributed by atoms with Crippen LogP contribution in [0.2, 0.25) is 0 Å². The average molecular weight is 482 g/mol. The summed E-state index contributed by atoms with van der Waals surface area (Å²) in [5, 5.41) is 2.69. The summed E-state index contributed by atoms with van der Waals surface area (Å²) in [6.45, 7) is 8.13. The number of piperidine rings is 1. The second-order valence-corrected chi connectivity index (χ2v) is 9.90. The maximum Gasteiger partial charge on any atom is 0.354 e. The van der Waals surface area contributed by atoms with Crippen LogP contribution in [0.1, 0.15) is 38.7 Å². The number of carbonyl (C=O) groups excluding carboxylic acids is 2. The lowest BCUT2D eigenvalue weighted by atomic mass is 10.1. The molecule has 10 heteroatoms. The molecule has 2 saturated heterocycles. The van der Waals surface area contributed by atoms with Gasteiger partial charge in [-0.05, 0) is 63.5 Å². The number of urea groups is 1. The standard InChI is InChI=1S/C25H35N7O3/c1-25(2,26)22(33)30-14-16-31(17-15-30)23(34)27-21-10-13-32(24(35)28-21)20-8-6-19(7-9-20)18-29-11-4-3-5-12-29/h6-10,13H,3-5,11-12,14-18,26H2,1-2H3,(H,27,28,34,35). The zero-order valence-electron chi connectivity index (χ0n) is 20.6. The van der Waals surface area contributed by atoms with E-state index in [-0.39, 0.29) is 17.8 Å². The van der Waals surface area contributed by atoms with Crippen molar-refractivity contribution in [2.45, 2.75) is 45.2 Å². The highest BCUT2D eigenvalue weighted by atomic mass is 16.2. The van der Waals surface area contributed by atoms with E-state index >= 15 is 0 Å². The van der Waals surface area contributed by atoms with Crippen molar-refractivity contribution >= 4 is 17.8 Å². The Hall–Kier alpha value is -3.24. The van der Waals surface area contributed by atoms with Gasteiger partial charge in [-0.15, -0.1) is 0 Å². The van der Waals surface area contributed by atoms with Gasteiger partial charge in [0.05, 0.1) is 11.2 Å². The van der Waals surface area contributed by atoms with Gasteiger partial charge in [-0.1, -0.05) is 18.6 Å². The smallest absolute Gasteiger partial charge is 0.338 e. The Kier molecular flexibility index (Phi) is 7.51. The molecule has 1 aromatic carbocycles. The molecular formula is C25H35N7O3. The molecule has 0 bridgehead atoms. The highest BCUT2D eigenvalue weighted by Gasteiger charge is 2.31. The lowest BCUT2D eigenvalue weighted by molar-refractivity contribution is -0.137. The second-order valence-electron chi connectivity index (χ2n) is 9.90. The van der Waals surface area contributed by atoms with Gasteiger partial charge in [-0.2, -0.15) is 4.98 Å². The van der Waals surface area contributed by atoms with E-state index in [0.717, 1.165) is 25.3 Å². The number of hydrogen-bond acceptors (Lipinski definition) is 6. The Morgan fingerprint density at radius 3 is 2.17 bits per heavy atom. The van der Waals surface area contributed by atoms with Crippen LogP contribution in [0.15, 0.2) is 41.3 Å². The molecule has 1 aromatic heterocycles. The fourth-order valence-electron chi connectivity index (χ4n) is 4.52. The summed E-state index contributed by atoms with van der Waals surface area (Å²) < 4.78 is 1.46. The fraction of sp³-hybridized carbons (Fsp3) is 0.520. The van der Waals surface area contributed by atoms with E-state index < -0.39 is 11.2 Å². The maximum absolute atomic E-state index is 12.6. The number of nitrogens with zero attached hydrogens (tertiary/aromatic N) is 5. The third-order valence-electron chi connectivity index (χ3n) is 6.51. The minimum absolute atomic E-state index is 0.137. The Bertz CT molecular complexity index is 1090. The molecule has 3 heterocycles. The number of carbonyl (C=O) groups is 2. The summed E-state index contributed by atoms with van der Waals surface area (Å²) in [4.78, 5) is 47.4. The summed E-state index contributed by atoms with van der Waals surface area (Å²) in [5.74, 6) is 0.0573. The SMILES string of the molecule is CC(C)(N)C(=O)N1CCN(C(=O)Nc2ccn(-c3ccc(CN4CCCCC4)cc3)c(=O)n2)CC1. The number of aromatic nitrogens is 2. The van der Waals surface area contributed by atoms with Crippen molar-refractivity contribution in [1.82, 2.24) is 24.3 Å². The molecular weight excluding hydrogens is 446 g/mol. The zero-order chi connectivity index (χ0) is 25.0. The van der Waals surface area contributed by atoms with E-state index in [1.54, 1.807) is 35.9 Å². The van der Waals surface area contributed by atoms with E-state index in [1.807, 2.05) is 24.3 Å². The molecule has 0 saturated carbocycles. The van der Waals surface area contributed by atoms with Gasteiger partial charge in [0.25, 0.3) is 0 Å². The van der Waals surface area contributed by atoms with Crippen LogP contribution in [0, 0.1) is 0 Å². The Labute approximate surface area is 205 Å². The van der Waals surface area contributed by atoms with Crippen LogP contribution >= 0.6 is 0 Å². The fourth-order valence-corrected chi connectivity index (χ4v) is 4.52. The predicted octanol–water partition coefficient (Wildman–Crippen LogP) is 1.63. The molecule has 2 aliphatic heterocycles. The number of benzene rings is 1. The van der Waals surface area contributed by atoms with Crippen LogP contribution in [0.4, 0.5) is 10.6 Å². The number of rotatable bonds is 5. The molecule has 10 nitrogen and oxygen atoms in total. The highest BCUT2D eigenvalue weighted by Crippen LogP contribution is 2.15. The molecule has 3 N–H and O–H groups in total. The molecule has 0 radical (unpaired) electrons. The third kappa shape index (κ3) is 6.26. The molecule has 2 aromatic rings. The molecule has 0 unspecified atom stereocenters. The number of likely N-dealkylation sites (tertiary alicyclic amines) is 1. The number of nitrogens with two attached hydrogens (primary N) is 1. The van der Waals surface area contributed by atoms with Crippen LogP contribution in [0.5, 0.6) is 0 Å². The first-order chi connectivity index (χ1) is 16.7. The molecule has 2 aliphatic rings. The van der Waals surface area contributed by atoms with Gasteiger partial charge in [-0.3, -0.25) is 19.6 Å². The minimum atomic E-state index is -0.939. The van der Waals surface area contributed by atoms with E-state index in [4.69, 9.17) is 5.73 Å². The first kappa shape index (κ1) is 24.9. The molecule has 0 atom stereocenters. The van der Waals surface area contributed by atoms with Crippen LogP contribution in [0.25, 0.3) is 5.69 Å². The normalized spacial score (nSPS) is 17.3. The Morgan fingerprint density at radius 1 is 0.943 bits per heavy atom. The van der Waals surface area contributed by atoms with Crippen molar-refractivity contribution in [2.24, 2.45) is 5.73 Å². The summed E-state index contributed by atoms with van der Waals surface area (Å²) in [5.41, 5.74) is 6.44. The van der Waals surface area contributed by atoms with Gasteiger partial charge in [0.1, 0.15) is 5.82 Å². The number of piperazine rings is 1. The van der Waals surface area contributed by atoms with Crippen molar-refractivity contribution in [3.8, 4) is 5.69 Å². The lowest BCUT2D eigenvalue weighted by Crippen LogP contribution is -2.58. The number of hydrogen-bond donors (Lipinski definition) is 2. The molecule has 0 spiro atoms. The summed E-state index contributed by atoms with van der Waals surface area (Å²) in [6, 6.07) is 9.19. The van der Waals surface area contributed by atoms with Gasteiger partial charge < -0.3 is 15.5 Å². The largest absolute Gasteiger partial charge is 0.354 e. The van der Waals surface area contributed by atoms with Gasteiger partial charge in [0, 0.05) is 38.9 Å². The molecule has 35 heavy (non-hydrogen) atoms. The maximum atomic E-state index is 12.6. The van der Waals surface area contributed by atoms with Gasteiger partial charge in [-0.25, -0.2) is 9.59 Å². The first-order valence-electron chi connectivity index (χ1n) is 12.3. The van der Waals surface area contributed by atoms with Gasteiger partial charge in [0.2, 0.25) is 5.91 Å². The van der Waals surface area contributed by atoms with E-state index in [1.165, 1.54) is 29.4 Å². The molecule has 3 amide bonds. The minimum Gasteiger partial charge on any atom is -0.338 e. The van der Waals surface area contributed by atoms with Crippen LogP contribution in [-0.2, 0) is 11.3 Å². The quantitative estimate of drug-likeness (QED) is 0.671. The zero-order valence-corrected chi connectivity index (χ0v) is 20.6. The van der Waals surface area contributed by atoms with Crippen molar-refractivity contribution < 1.29 is 9.59 Å². The van der Waals surface area contributed by atoms with E-state index in [2.05, 4.69) is 15.2 Å². The lowest BCUT2D eigenvalue weighted by Gasteiger charge is -2.37. The van der Waals surface area contributed by atoms with Gasteiger partial charge in [0.15, 0.2) is 0 Å². The van der Waals surface area contributed by atoms with Crippen molar-refractivity contribution in [1.29, 1.82) is 0 Å². The molecule has 2 fully saturated rings. The third-order valence-corrected chi connectivity index (χ3v) is 6.51. The molecule has 188 valence electrons. The number of amides is 3. The highest BCUT2D eigenvalue weighted by molar-refractivity contribution is 5.89. The van der Waals surface area contributed by atoms with Crippen molar-refractivity contribution in [2.75, 3.05) is 44.6 Å². The molecule has 0 aliphatic carbocycles. The van der Waals surface area contributed by atoms with Gasteiger partial charge >= 0.3 is 11.7 Å². The number of anilines is 1. The van der Waals surface area contributed by atoms with Crippen LogP contribution in [-0.4, -0.2) is 81.0 Å². The molecule has 4 rings (SSSR count). The van der Waals surface area contributed by atoms with Crippen molar-refractivity contribution in [3.63, 3.8) is 0 Å². The monoisotopic (exact) mass is 481 g/mol. The summed E-state index contributed by atoms with van der Waals surface area (Å²) >= 11 is 0. The second kappa shape index (κ2) is 10.6. The predicted molar refractivity (Wildman–Crippen MR) is 134 cm³/mol. The van der Waals surface area contributed by atoms with E-state index in [0.29, 0.717) is 26.2 Å². The first-order valence-corrected chi connectivity index (χ1v) is 12.3.